The Morgan fingerprint density at radius 1 is 1.47 bits per heavy atom. The van der Waals surface area contributed by atoms with Gasteiger partial charge in [0.15, 0.2) is 0 Å². The molecule has 3 rings (SSSR count). The standard InChI is InChI=1S/C14H19NOS/c1-9(12-8-10-4-5-11(12)7-10)15-14(16)13-3-2-6-17-13/h2-3,6,9-12H,4-5,7-8H2,1H3,(H,15,16)/t9-,10+,11+,12-/m1/s1. The number of hydrogen-bond acceptors (Lipinski definition) is 2. The van der Waals surface area contributed by atoms with Crippen LogP contribution >= 0.6 is 11.3 Å². The molecule has 1 aromatic heterocycles. The molecule has 2 aliphatic carbocycles. The second-order valence-electron chi connectivity index (χ2n) is 5.58. The molecule has 17 heavy (non-hydrogen) atoms. The summed E-state index contributed by atoms with van der Waals surface area (Å²) >= 11 is 1.52. The zero-order valence-electron chi connectivity index (χ0n) is 10.2. The topological polar surface area (TPSA) is 29.1 Å². The molecular formula is C14H19NOS. The van der Waals surface area contributed by atoms with E-state index in [1.54, 1.807) is 0 Å². The Morgan fingerprint density at radius 3 is 2.94 bits per heavy atom. The van der Waals surface area contributed by atoms with E-state index < -0.39 is 0 Å². The number of carbonyl (C=O) groups is 1. The smallest absolute Gasteiger partial charge is 0.261 e. The summed E-state index contributed by atoms with van der Waals surface area (Å²) in [7, 11) is 0. The quantitative estimate of drug-likeness (QED) is 0.875. The summed E-state index contributed by atoms with van der Waals surface area (Å²) in [4.78, 5) is 12.8. The van der Waals surface area contributed by atoms with Gasteiger partial charge in [-0.3, -0.25) is 4.79 Å². The van der Waals surface area contributed by atoms with E-state index in [4.69, 9.17) is 0 Å². The molecule has 0 radical (unpaired) electrons. The molecule has 2 nitrogen and oxygen atoms in total. The number of hydrogen-bond donors (Lipinski definition) is 1. The second-order valence-corrected chi connectivity index (χ2v) is 6.53. The minimum Gasteiger partial charge on any atom is -0.349 e. The molecule has 1 aromatic rings. The predicted molar refractivity (Wildman–Crippen MR) is 70.2 cm³/mol. The Morgan fingerprint density at radius 2 is 2.35 bits per heavy atom. The average molecular weight is 249 g/mol. The number of carbonyl (C=O) groups excluding carboxylic acids is 1. The van der Waals surface area contributed by atoms with Crippen LogP contribution in [0.2, 0.25) is 0 Å². The highest BCUT2D eigenvalue weighted by Gasteiger charge is 2.42. The van der Waals surface area contributed by atoms with Gasteiger partial charge in [0.2, 0.25) is 0 Å². The lowest BCUT2D eigenvalue weighted by atomic mass is 9.84. The highest BCUT2D eigenvalue weighted by Crippen LogP contribution is 2.49. The summed E-state index contributed by atoms with van der Waals surface area (Å²) in [6.07, 6.45) is 5.54. The third kappa shape index (κ3) is 2.13. The van der Waals surface area contributed by atoms with Gasteiger partial charge in [0.25, 0.3) is 5.91 Å². The SMILES string of the molecule is C[C@@H](NC(=O)c1cccs1)[C@H]1C[C@H]2CC[C@H]1C2. The van der Waals surface area contributed by atoms with Crippen molar-refractivity contribution in [2.75, 3.05) is 0 Å². The van der Waals surface area contributed by atoms with Gasteiger partial charge in [0, 0.05) is 6.04 Å². The van der Waals surface area contributed by atoms with Crippen molar-refractivity contribution in [2.45, 2.75) is 38.6 Å². The van der Waals surface area contributed by atoms with Gasteiger partial charge >= 0.3 is 0 Å². The zero-order valence-corrected chi connectivity index (χ0v) is 11.0. The molecule has 92 valence electrons. The lowest BCUT2D eigenvalue weighted by molar-refractivity contribution is 0.0919. The van der Waals surface area contributed by atoms with Gasteiger partial charge < -0.3 is 5.32 Å². The Kier molecular flexibility index (Phi) is 2.95. The van der Waals surface area contributed by atoms with Crippen molar-refractivity contribution < 1.29 is 4.79 Å². The molecule has 1 amide bonds. The minimum atomic E-state index is 0.107. The monoisotopic (exact) mass is 249 g/mol. The highest BCUT2D eigenvalue weighted by atomic mass is 32.1. The van der Waals surface area contributed by atoms with Crippen molar-refractivity contribution in [1.82, 2.24) is 5.32 Å². The Hall–Kier alpha value is -0.830. The summed E-state index contributed by atoms with van der Waals surface area (Å²) in [6.45, 7) is 2.18. The highest BCUT2D eigenvalue weighted by molar-refractivity contribution is 7.12. The van der Waals surface area contributed by atoms with Crippen LogP contribution in [-0.2, 0) is 0 Å². The van der Waals surface area contributed by atoms with Gasteiger partial charge in [-0.25, -0.2) is 0 Å². The Labute approximate surface area is 106 Å². The third-order valence-corrected chi connectivity index (χ3v) is 5.41. The van der Waals surface area contributed by atoms with Crippen LogP contribution in [0.5, 0.6) is 0 Å². The fourth-order valence-corrected chi connectivity index (χ4v) is 4.33. The van der Waals surface area contributed by atoms with E-state index in [1.807, 2.05) is 17.5 Å². The first-order chi connectivity index (χ1) is 8.24. The van der Waals surface area contributed by atoms with Crippen molar-refractivity contribution in [3.05, 3.63) is 22.4 Å². The second kappa shape index (κ2) is 4.45. The van der Waals surface area contributed by atoms with Gasteiger partial charge in [-0.1, -0.05) is 12.5 Å². The zero-order chi connectivity index (χ0) is 11.8. The molecule has 1 heterocycles. The normalized spacial score (nSPS) is 32.6. The van der Waals surface area contributed by atoms with Gasteiger partial charge in [-0.15, -0.1) is 11.3 Å². The van der Waals surface area contributed by atoms with E-state index >= 15 is 0 Å². The molecule has 0 unspecified atom stereocenters. The molecule has 0 saturated heterocycles. The van der Waals surface area contributed by atoms with Crippen molar-refractivity contribution in [3.8, 4) is 0 Å². The van der Waals surface area contributed by atoms with Crippen molar-refractivity contribution >= 4 is 17.2 Å². The summed E-state index contributed by atoms with van der Waals surface area (Å²) in [6, 6.07) is 4.16. The molecule has 4 atom stereocenters. The largest absolute Gasteiger partial charge is 0.349 e. The van der Waals surface area contributed by atoms with Crippen LogP contribution in [0.1, 0.15) is 42.3 Å². The molecule has 2 aliphatic rings. The molecule has 2 saturated carbocycles. The fraction of sp³-hybridized carbons (Fsp3) is 0.643. The maximum absolute atomic E-state index is 12.0. The summed E-state index contributed by atoms with van der Waals surface area (Å²) in [5, 5.41) is 5.14. The van der Waals surface area contributed by atoms with Crippen molar-refractivity contribution in [2.24, 2.45) is 17.8 Å². The Bertz CT molecular complexity index is 400. The molecular weight excluding hydrogens is 230 g/mol. The maximum atomic E-state index is 12.0. The van der Waals surface area contributed by atoms with E-state index in [2.05, 4.69) is 12.2 Å². The molecule has 0 aromatic carbocycles. The lowest BCUT2D eigenvalue weighted by Crippen LogP contribution is -2.39. The maximum Gasteiger partial charge on any atom is 0.261 e. The van der Waals surface area contributed by atoms with Gasteiger partial charge in [0.1, 0.15) is 0 Å². The van der Waals surface area contributed by atoms with Gasteiger partial charge in [-0.05, 0) is 55.4 Å². The van der Waals surface area contributed by atoms with Crippen LogP contribution in [0, 0.1) is 17.8 Å². The summed E-state index contributed by atoms with van der Waals surface area (Å²) in [5.74, 6) is 2.65. The average Bonchev–Trinajstić information content (AvgIpc) is 3.05. The van der Waals surface area contributed by atoms with Gasteiger partial charge in [0.05, 0.1) is 4.88 Å². The molecule has 0 spiro atoms. The molecule has 0 aliphatic heterocycles. The number of thiophene rings is 1. The minimum absolute atomic E-state index is 0.107. The predicted octanol–water partition coefficient (Wildman–Crippen LogP) is 3.30. The van der Waals surface area contributed by atoms with Gasteiger partial charge in [-0.2, -0.15) is 0 Å². The summed E-state index contributed by atoms with van der Waals surface area (Å²) < 4.78 is 0. The number of amides is 1. The van der Waals surface area contributed by atoms with E-state index in [0.717, 1.165) is 22.6 Å². The molecule has 3 heteroatoms. The van der Waals surface area contributed by atoms with Crippen LogP contribution in [-0.4, -0.2) is 11.9 Å². The van der Waals surface area contributed by atoms with E-state index in [1.165, 1.54) is 37.0 Å². The van der Waals surface area contributed by atoms with E-state index in [0.29, 0.717) is 6.04 Å². The molecule has 1 N–H and O–H groups in total. The first-order valence-electron chi connectivity index (χ1n) is 6.58. The number of rotatable bonds is 3. The van der Waals surface area contributed by atoms with Crippen molar-refractivity contribution in [3.63, 3.8) is 0 Å². The van der Waals surface area contributed by atoms with Crippen LogP contribution in [0.4, 0.5) is 0 Å². The summed E-state index contributed by atoms with van der Waals surface area (Å²) in [5.41, 5.74) is 0. The number of fused-ring (bicyclic) bond motifs is 2. The van der Waals surface area contributed by atoms with E-state index in [-0.39, 0.29) is 5.91 Å². The first kappa shape index (κ1) is 11.3. The van der Waals surface area contributed by atoms with Crippen LogP contribution in [0.3, 0.4) is 0 Å². The molecule has 2 fully saturated rings. The van der Waals surface area contributed by atoms with E-state index in [9.17, 15) is 4.79 Å². The van der Waals surface area contributed by atoms with Crippen molar-refractivity contribution in [1.29, 1.82) is 0 Å². The third-order valence-electron chi connectivity index (χ3n) is 4.54. The lowest BCUT2D eigenvalue weighted by Gasteiger charge is -2.28. The Balaban J connectivity index is 1.60. The number of nitrogens with one attached hydrogen (secondary N) is 1. The first-order valence-corrected chi connectivity index (χ1v) is 7.46. The van der Waals surface area contributed by atoms with Crippen LogP contribution < -0.4 is 5.32 Å². The van der Waals surface area contributed by atoms with Crippen LogP contribution in [0.25, 0.3) is 0 Å². The van der Waals surface area contributed by atoms with Crippen LogP contribution in [0.15, 0.2) is 17.5 Å². The molecule has 2 bridgehead atoms. The fourth-order valence-electron chi connectivity index (χ4n) is 3.70.